The fraction of sp³-hybridized carbons (Fsp3) is 0.474. The molecule has 2 fully saturated rings. The number of aliphatic carboxylic acids is 1. The second-order valence-corrected chi connectivity index (χ2v) is 7.09. The number of carbonyl (C=O) groups excluding carboxylic acids is 1. The van der Waals surface area contributed by atoms with Gasteiger partial charge in [-0.05, 0) is 42.1 Å². The number of carboxylic acid groups (broad SMARTS) is 1. The summed E-state index contributed by atoms with van der Waals surface area (Å²) in [6.07, 6.45) is 7.04. The minimum Gasteiger partial charge on any atom is -0.481 e. The minimum absolute atomic E-state index is 0.0508. The number of allylic oxidation sites excluding steroid dienone is 2. The second kappa shape index (κ2) is 5.22. The van der Waals surface area contributed by atoms with E-state index >= 15 is 0 Å². The number of nitrogens with one attached hydrogen (secondary N) is 1. The molecule has 0 heterocycles. The van der Waals surface area contributed by atoms with E-state index in [9.17, 15) is 14.7 Å². The first-order valence-corrected chi connectivity index (χ1v) is 8.36. The second-order valence-electron chi connectivity index (χ2n) is 7.09. The van der Waals surface area contributed by atoms with E-state index < -0.39 is 17.8 Å². The molecule has 0 radical (unpaired) electrons. The molecule has 1 amide bonds. The largest absolute Gasteiger partial charge is 0.481 e. The van der Waals surface area contributed by atoms with Crippen molar-refractivity contribution < 1.29 is 14.7 Å². The van der Waals surface area contributed by atoms with Gasteiger partial charge in [-0.3, -0.25) is 9.59 Å². The van der Waals surface area contributed by atoms with E-state index in [1.807, 2.05) is 36.4 Å². The molecule has 4 heteroatoms. The first-order chi connectivity index (χ1) is 11.1. The van der Waals surface area contributed by atoms with Gasteiger partial charge >= 0.3 is 5.97 Å². The van der Waals surface area contributed by atoms with Crippen LogP contribution in [0.5, 0.6) is 0 Å². The lowest BCUT2D eigenvalue weighted by molar-refractivity contribution is -0.147. The standard InChI is InChI=1S/C19H21NO3/c21-17(20-11-8-12-4-2-1-3-5-12)15-13-6-7-14(16(15)18(22)23)19(13)9-10-19/h1-7,13-16H,8-11H2,(H,20,21)(H,22,23). The fourth-order valence-corrected chi connectivity index (χ4v) is 4.78. The summed E-state index contributed by atoms with van der Waals surface area (Å²) in [6.45, 7) is 0.555. The third-order valence-corrected chi connectivity index (χ3v) is 5.99. The third kappa shape index (κ3) is 2.19. The molecule has 4 atom stereocenters. The highest BCUT2D eigenvalue weighted by Crippen LogP contribution is 2.71. The van der Waals surface area contributed by atoms with Crippen LogP contribution < -0.4 is 5.32 Å². The summed E-state index contributed by atoms with van der Waals surface area (Å²) >= 11 is 0. The van der Waals surface area contributed by atoms with E-state index in [0.29, 0.717) is 6.54 Å². The molecular weight excluding hydrogens is 290 g/mol. The van der Waals surface area contributed by atoms with Crippen LogP contribution in [0.1, 0.15) is 18.4 Å². The number of hydrogen-bond donors (Lipinski definition) is 2. The molecule has 0 saturated heterocycles. The van der Waals surface area contributed by atoms with Crippen LogP contribution in [0, 0.1) is 29.1 Å². The van der Waals surface area contributed by atoms with Gasteiger partial charge in [-0.15, -0.1) is 0 Å². The minimum atomic E-state index is -0.823. The van der Waals surface area contributed by atoms with Crippen molar-refractivity contribution in [3.8, 4) is 0 Å². The van der Waals surface area contributed by atoms with Gasteiger partial charge in [0.2, 0.25) is 5.91 Å². The average Bonchev–Trinajstić information content (AvgIpc) is 3.21. The zero-order valence-electron chi connectivity index (χ0n) is 12.9. The highest BCUT2D eigenvalue weighted by molar-refractivity contribution is 5.87. The molecule has 4 nitrogen and oxygen atoms in total. The molecule has 2 bridgehead atoms. The lowest BCUT2D eigenvalue weighted by atomic mass is 9.82. The van der Waals surface area contributed by atoms with Gasteiger partial charge < -0.3 is 10.4 Å². The smallest absolute Gasteiger partial charge is 0.307 e. The number of benzene rings is 1. The summed E-state index contributed by atoms with van der Waals surface area (Å²) in [4.78, 5) is 24.4. The summed E-state index contributed by atoms with van der Waals surface area (Å²) in [5.41, 5.74) is 1.26. The lowest BCUT2D eigenvalue weighted by Gasteiger charge is -2.23. The molecular formula is C19H21NO3. The third-order valence-electron chi connectivity index (χ3n) is 5.99. The van der Waals surface area contributed by atoms with E-state index in [2.05, 4.69) is 11.4 Å². The molecule has 4 rings (SSSR count). The van der Waals surface area contributed by atoms with Gasteiger partial charge in [-0.2, -0.15) is 0 Å². The van der Waals surface area contributed by atoms with Gasteiger partial charge in [0.25, 0.3) is 0 Å². The molecule has 2 N–H and O–H groups in total. The fourth-order valence-electron chi connectivity index (χ4n) is 4.78. The SMILES string of the molecule is O=C(O)C1C(C(=O)NCCc2ccccc2)C2C=CC1C21CC1. The molecule has 0 aliphatic heterocycles. The molecule has 1 aromatic carbocycles. The molecule has 120 valence electrons. The van der Waals surface area contributed by atoms with Crippen LogP contribution in [0.2, 0.25) is 0 Å². The van der Waals surface area contributed by atoms with Crippen molar-refractivity contribution in [1.82, 2.24) is 5.32 Å². The topological polar surface area (TPSA) is 66.4 Å². The molecule has 1 aromatic rings. The summed E-state index contributed by atoms with van der Waals surface area (Å²) in [5.74, 6) is -1.70. The molecule has 3 aliphatic carbocycles. The van der Waals surface area contributed by atoms with E-state index in [0.717, 1.165) is 19.3 Å². The molecule has 2 saturated carbocycles. The van der Waals surface area contributed by atoms with Crippen molar-refractivity contribution in [2.75, 3.05) is 6.54 Å². The Hall–Kier alpha value is -2.10. The molecule has 23 heavy (non-hydrogen) atoms. The van der Waals surface area contributed by atoms with Gasteiger partial charge in [-0.25, -0.2) is 0 Å². The zero-order chi connectivity index (χ0) is 16.0. The van der Waals surface area contributed by atoms with Crippen LogP contribution in [0.25, 0.3) is 0 Å². The number of hydrogen-bond acceptors (Lipinski definition) is 2. The van der Waals surface area contributed by atoms with Crippen LogP contribution in [0.4, 0.5) is 0 Å². The lowest BCUT2D eigenvalue weighted by Crippen LogP contribution is -2.40. The number of carbonyl (C=O) groups is 2. The molecule has 3 aliphatic rings. The van der Waals surface area contributed by atoms with Crippen molar-refractivity contribution >= 4 is 11.9 Å². The molecule has 4 unspecified atom stereocenters. The Labute approximate surface area is 135 Å². The van der Waals surface area contributed by atoms with Crippen molar-refractivity contribution in [3.05, 3.63) is 48.0 Å². The average molecular weight is 311 g/mol. The van der Waals surface area contributed by atoms with Crippen LogP contribution in [-0.4, -0.2) is 23.5 Å². The van der Waals surface area contributed by atoms with E-state index in [1.165, 1.54) is 5.56 Å². The van der Waals surface area contributed by atoms with Gasteiger partial charge in [-0.1, -0.05) is 42.5 Å². The predicted molar refractivity (Wildman–Crippen MR) is 85.6 cm³/mol. The first-order valence-electron chi connectivity index (χ1n) is 8.36. The maximum atomic E-state index is 12.6. The summed E-state index contributed by atoms with van der Waals surface area (Å²) in [6, 6.07) is 10.00. The van der Waals surface area contributed by atoms with Gasteiger partial charge in [0.15, 0.2) is 0 Å². The molecule has 0 aromatic heterocycles. The summed E-state index contributed by atoms with van der Waals surface area (Å²) < 4.78 is 0. The Bertz CT molecular complexity index is 662. The Kier molecular flexibility index (Phi) is 3.29. The zero-order valence-corrected chi connectivity index (χ0v) is 12.9. The first kappa shape index (κ1) is 14.5. The van der Waals surface area contributed by atoms with E-state index in [-0.39, 0.29) is 23.2 Å². The predicted octanol–water partition coefficient (Wildman–Crippen LogP) is 2.26. The summed E-state index contributed by atoms with van der Waals surface area (Å²) in [7, 11) is 0. The van der Waals surface area contributed by atoms with Crippen molar-refractivity contribution in [2.45, 2.75) is 19.3 Å². The van der Waals surface area contributed by atoms with E-state index in [1.54, 1.807) is 0 Å². The van der Waals surface area contributed by atoms with Crippen LogP contribution in [0.15, 0.2) is 42.5 Å². The maximum absolute atomic E-state index is 12.6. The van der Waals surface area contributed by atoms with Crippen LogP contribution >= 0.6 is 0 Å². The monoisotopic (exact) mass is 311 g/mol. The van der Waals surface area contributed by atoms with Crippen molar-refractivity contribution in [2.24, 2.45) is 29.1 Å². The summed E-state index contributed by atoms with van der Waals surface area (Å²) in [5, 5.41) is 12.6. The van der Waals surface area contributed by atoms with Crippen molar-refractivity contribution in [1.29, 1.82) is 0 Å². The Balaban J connectivity index is 1.43. The van der Waals surface area contributed by atoms with E-state index in [4.69, 9.17) is 0 Å². The highest BCUT2D eigenvalue weighted by Gasteiger charge is 2.69. The van der Waals surface area contributed by atoms with Crippen molar-refractivity contribution in [3.63, 3.8) is 0 Å². The Morgan fingerprint density at radius 3 is 2.35 bits per heavy atom. The van der Waals surface area contributed by atoms with Gasteiger partial charge in [0.05, 0.1) is 11.8 Å². The van der Waals surface area contributed by atoms with Crippen LogP contribution in [0.3, 0.4) is 0 Å². The number of carboxylic acids is 1. The van der Waals surface area contributed by atoms with Gasteiger partial charge in [0, 0.05) is 6.54 Å². The molecule has 1 spiro atoms. The number of amides is 1. The quantitative estimate of drug-likeness (QED) is 0.820. The Morgan fingerprint density at radius 1 is 1.09 bits per heavy atom. The normalized spacial score (nSPS) is 32.2. The number of rotatable bonds is 5. The maximum Gasteiger partial charge on any atom is 0.307 e. The van der Waals surface area contributed by atoms with Crippen LogP contribution in [-0.2, 0) is 16.0 Å². The van der Waals surface area contributed by atoms with Gasteiger partial charge in [0.1, 0.15) is 0 Å². The highest BCUT2D eigenvalue weighted by atomic mass is 16.4. The Morgan fingerprint density at radius 2 is 1.74 bits per heavy atom.